The van der Waals surface area contributed by atoms with Crippen molar-refractivity contribution in [2.24, 2.45) is 0 Å². The first-order valence-electron chi connectivity index (χ1n) is 6.85. The van der Waals surface area contributed by atoms with E-state index < -0.39 is 0 Å². The van der Waals surface area contributed by atoms with E-state index in [0.29, 0.717) is 12.2 Å². The van der Waals surface area contributed by atoms with Crippen LogP contribution in [-0.2, 0) is 4.74 Å². The number of esters is 1. The summed E-state index contributed by atoms with van der Waals surface area (Å²) in [6.07, 6.45) is 8.43. The van der Waals surface area contributed by atoms with Crippen LogP contribution < -0.4 is 0 Å². The van der Waals surface area contributed by atoms with Gasteiger partial charge < -0.3 is 4.74 Å². The highest BCUT2D eigenvalue weighted by Crippen LogP contribution is 2.31. The zero-order valence-corrected chi connectivity index (χ0v) is 11.4. The minimum Gasteiger partial charge on any atom is -0.462 e. The molecule has 0 saturated heterocycles. The Bertz CT molecular complexity index is 698. The maximum absolute atomic E-state index is 12.0. The minimum absolute atomic E-state index is 0.257. The molecule has 0 unspecified atom stereocenters. The lowest BCUT2D eigenvalue weighted by Gasteiger charge is -2.13. The van der Waals surface area contributed by atoms with Gasteiger partial charge in [0.2, 0.25) is 0 Å². The molecule has 2 nitrogen and oxygen atoms in total. The largest absolute Gasteiger partial charge is 0.462 e. The fourth-order valence-corrected chi connectivity index (χ4v) is 2.64. The Morgan fingerprint density at radius 1 is 1.05 bits per heavy atom. The second-order valence-electron chi connectivity index (χ2n) is 4.76. The summed E-state index contributed by atoms with van der Waals surface area (Å²) >= 11 is 0. The van der Waals surface area contributed by atoms with Gasteiger partial charge in [-0.05, 0) is 29.3 Å². The molecular formula is C18H16O2. The van der Waals surface area contributed by atoms with Crippen LogP contribution in [0.25, 0.3) is 10.8 Å². The minimum atomic E-state index is -0.257. The summed E-state index contributed by atoms with van der Waals surface area (Å²) in [7, 11) is 0. The highest BCUT2D eigenvalue weighted by Gasteiger charge is 2.16. The van der Waals surface area contributed by atoms with Crippen LogP contribution in [0.2, 0.25) is 0 Å². The highest BCUT2D eigenvalue weighted by atomic mass is 16.5. The Kier molecular flexibility index (Phi) is 3.38. The molecule has 0 amide bonds. The van der Waals surface area contributed by atoms with Crippen molar-refractivity contribution in [3.8, 4) is 0 Å². The molecule has 0 aromatic heterocycles. The number of carbonyl (C=O) groups excluding carboxylic acids is 1. The Balaban J connectivity index is 2.17. The SMILES string of the molecule is CCOC(=O)c1ccc(C2C=CC=C2)c2ccccc12. The summed E-state index contributed by atoms with van der Waals surface area (Å²) in [6, 6.07) is 11.9. The fraction of sp³-hybridized carbons (Fsp3) is 0.167. The molecule has 1 aliphatic carbocycles. The Morgan fingerprint density at radius 2 is 1.75 bits per heavy atom. The summed E-state index contributed by atoms with van der Waals surface area (Å²) in [5.74, 6) is 0.0314. The van der Waals surface area contributed by atoms with Gasteiger partial charge in [0, 0.05) is 5.92 Å². The van der Waals surface area contributed by atoms with Crippen LogP contribution in [0.3, 0.4) is 0 Å². The second-order valence-corrected chi connectivity index (χ2v) is 4.76. The van der Waals surface area contributed by atoms with Crippen LogP contribution in [0.15, 0.2) is 60.7 Å². The average Bonchev–Trinajstić information content (AvgIpc) is 3.00. The molecule has 0 bridgehead atoms. The van der Waals surface area contributed by atoms with E-state index in [4.69, 9.17) is 4.74 Å². The summed E-state index contributed by atoms with van der Waals surface area (Å²) in [5.41, 5.74) is 1.86. The van der Waals surface area contributed by atoms with Gasteiger partial charge in [0.1, 0.15) is 0 Å². The first-order chi connectivity index (χ1) is 9.81. The van der Waals surface area contributed by atoms with Gasteiger partial charge in [-0.15, -0.1) is 0 Å². The topological polar surface area (TPSA) is 26.3 Å². The molecule has 0 N–H and O–H groups in total. The molecular weight excluding hydrogens is 248 g/mol. The van der Waals surface area contributed by atoms with Gasteiger partial charge in [0.05, 0.1) is 12.2 Å². The quantitative estimate of drug-likeness (QED) is 0.776. The van der Waals surface area contributed by atoms with Crippen molar-refractivity contribution in [2.45, 2.75) is 12.8 Å². The molecule has 2 heteroatoms. The molecule has 0 atom stereocenters. The number of hydrogen-bond donors (Lipinski definition) is 0. The van der Waals surface area contributed by atoms with Crippen molar-refractivity contribution in [2.75, 3.05) is 6.61 Å². The molecule has 0 aliphatic heterocycles. The van der Waals surface area contributed by atoms with E-state index in [1.807, 2.05) is 37.3 Å². The van der Waals surface area contributed by atoms with E-state index in [2.05, 4.69) is 30.4 Å². The zero-order valence-electron chi connectivity index (χ0n) is 11.4. The molecule has 2 aromatic rings. The number of benzene rings is 2. The molecule has 100 valence electrons. The lowest BCUT2D eigenvalue weighted by molar-refractivity contribution is 0.0528. The number of carbonyl (C=O) groups is 1. The summed E-state index contributed by atoms with van der Waals surface area (Å²) in [4.78, 5) is 12.0. The van der Waals surface area contributed by atoms with E-state index in [1.165, 1.54) is 5.56 Å². The average molecular weight is 264 g/mol. The Hall–Kier alpha value is -2.35. The molecule has 3 rings (SSSR count). The molecule has 0 saturated carbocycles. The third-order valence-electron chi connectivity index (χ3n) is 3.56. The smallest absolute Gasteiger partial charge is 0.338 e. The van der Waals surface area contributed by atoms with Gasteiger partial charge in [0.25, 0.3) is 0 Å². The lowest BCUT2D eigenvalue weighted by atomic mass is 9.92. The van der Waals surface area contributed by atoms with Crippen molar-refractivity contribution in [3.05, 3.63) is 71.8 Å². The van der Waals surface area contributed by atoms with Gasteiger partial charge in [-0.1, -0.05) is 54.6 Å². The fourth-order valence-electron chi connectivity index (χ4n) is 2.64. The third kappa shape index (κ3) is 2.14. The van der Waals surface area contributed by atoms with E-state index in [0.717, 1.165) is 10.8 Å². The van der Waals surface area contributed by atoms with Gasteiger partial charge in [-0.3, -0.25) is 0 Å². The van der Waals surface area contributed by atoms with Crippen LogP contribution >= 0.6 is 0 Å². The van der Waals surface area contributed by atoms with E-state index in [1.54, 1.807) is 0 Å². The van der Waals surface area contributed by atoms with Gasteiger partial charge in [0.15, 0.2) is 0 Å². The molecule has 1 aliphatic rings. The summed E-state index contributed by atoms with van der Waals surface area (Å²) in [5, 5.41) is 2.07. The summed E-state index contributed by atoms with van der Waals surface area (Å²) < 4.78 is 5.13. The maximum Gasteiger partial charge on any atom is 0.338 e. The van der Waals surface area contributed by atoms with E-state index >= 15 is 0 Å². The van der Waals surface area contributed by atoms with Crippen LogP contribution in [0, 0.1) is 0 Å². The van der Waals surface area contributed by atoms with E-state index in [-0.39, 0.29) is 11.9 Å². The van der Waals surface area contributed by atoms with Crippen molar-refractivity contribution < 1.29 is 9.53 Å². The number of allylic oxidation sites excluding steroid dienone is 4. The normalized spacial score (nSPS) is 14.1. The monoisotopic (exact) mass is 264 g/mol. The number of fused-ring (bicyclic) bond motifs is 1. The molecule has 20 heavy (non-hydrogen) atoms. The van der Waals surface area contributed by atoms with Crippen LogP contribution in [0.5, 0.6) is 0 Å². The molecule has 0 spiro atoms. The number of ether oxygens (including phenoxy) is 1. The standard InChI is InChI=1S/C18H16O2/c1-2-20-18(19)17-12-11-14(13-7-3-4-8-13)15-9-5-6-10-16(15)17/h3-13H,2H2,1H3. The van der Waals surface area contributed by atoms with Crippen molar-refractivity contribution in [3.63, 3.8) is 0 Å². The van der Waals surface area contributed by atoms with Gasteiger partial charge in [-0.25, -0.2) is 4.79 Å². The predicted molar refractivity (Wildman–Crippen MR) is 80.9 cm³/mol. The molecule has 2 aromatic carbocycles. The maximum atomic E-state index is 12.0. The lowest BCUT2D eigenvalue weighted by Crippen LogP contribution is -2.06. The molecule has 0 heterocycles. The zero-order chi connectivity index (χ0) is 13.9. The number of rotatable bonds is 3. The predicted octanol–water partition coefficient (Wildman–Crippen LogP) is 4.23. The molecule has 0 radical (unpaired) electrons. The van der Waals surface area contributed by atoms with Crippen LogP contribution in [-0.4, -0.2) is 12.6 Å². The summed E-state index contributed by atoms with van der Waals surface area (Å²) in [6.45, 7) is 2.21. The highest BCUT2D eigenvalue weighted by molar-refractivity contribution is 6.05. The third-order valence-corrected chi connectivity index (χ3v) is 3.56. The first-order valence-corrected chi connectivity index (χ1v) is 6.85. The second kappa shape index (κ2) is 5.33. The first kappa shape index (κ1) is 12.7. The van der Waals surface area contributed by atoms with Crippen LogP contribution in [0.4, 0.5) is 0 Å². The van der Waals surface area contributed by atoms with Crippen molar-refractivity contribution in [1.82, 2.24) is 0 Å². The Labute approximate surface area is 118 Å². The Morgan fingerprint density at radius 3 is 2.45 bits per heavy atom. The van der Waals surface area contributed by atoms with Gasteiger partial charge >= 0.3 is 5.97 Å². The molecule has 0 fully saturated rings. The number of hydrogen-bond acceptors (Lipinski definition) is 2. The van der Waals surface area contributed by atoms with Crippen LogP contribution in [0.1, 0.15) is 28.8 Å². The van der Waals surface area contributed by atoms with E-state index in [9.17, 15) is 4.79 Å². The van der Waals surface area contributed by atoms with Crippen molar-refractivity contribution in [1.29, 1.82) is 0 Å². The van der Waals surface area contributed by atoms with Gasteiger partial charge in [-0.2, -0.15) is 0 Å². The van der Waals surface area contributed by atoms with Crippen molar-refractivity contribution >= 4 is 16.7 Å².